The van der Waals surface area contributed by atoms with E-state index in [1.807, 2.05) is 11.3 Å². The van der Waals surface area contributed by atoms with Gasteiger partial charge >= 0.3 is 0 Å². The molecule has 0 saturated heterocycles. The van der Waals surface area contributed by atoms with E-state index in [2.05, 4.69) is 61.1 Å². The van der Waals surface area contributed by atoms with Crippen LogP contribution in [0.1, 0.15) is 41.8 Å². The van der Waals surface area contributed by atoms with E-state index in [1.54, 1.807) is 0 Å². The molecule has 102 valence electrons. The van der Waals surface area contributed by atoms with Crippen molar-refractivity contribution >= 4 is 11.3 Å². The maximum atomic E-state index is 3.48. The van der Waals surface area contributed by atoms with Gasteiger partial charge in [-0.2, -0.15) is 0 Å². The first-order valence-electron chi connectivity index (χ1n) is 7.12. The van der Waals surface area contributed by atoms with Crippen molar-refractivity contribution in [2.24, 2.45) is 0 Å². The fraction of sp³-hybridized carbons (Fsp3) is 0.412. The molecule has 0 radical (unpaired) electrons. The molecule has 0 saturated carbocycles. The summed E-state index contributed by atoms with van der Waals surface area (Å²) in [5.74, 6) is 0. The Morgan fingerprint density at radius 1 is 1.16 bits per heavy atom. The van der Waals surface area contributed by atoms with E-state index in [1.165, 1.54) is 35.3 Å². The van der Waals surface area contributed by atoms with Crippen LogP contribution in [0.4, 0.5) is 0 Å². The highest BCUT2D eigenvalue weighted by Gasteiger charge is 2.13. The van der Waals surface area contributed by atoms with Crippen molar-refractivity contribution < 1.29 is 0 Å². The van der Waals surface area contributed by atoms with Crippen LogP contribution in [0.15, 0.2) is 41.8 Å². The summed E-state index contributed by atoms with van der Waals surface area (Å²) in [6.07, 6.45) is 4.75. The average Bonchev–Trinajstić information content (AvgIpc) is 2.93. The molecule has 1 unspecified atom stereocenters. The molecule has 1 aromatic heterocycles. The monoisotopic (exact) mass is 273 g/mol. The van der Waals surface area contributed by atoms with Crippen molar-refractivity contribution in [2.75, 3.05) is 7.05 Å². The van der Waals surface area contributed by atoms with Crippen LogP contribution >= 0.6 is 11.3 Å². The van der Waals surface area contributed by atoms with Crippen LogP contribution in [0, 0.1) is 0 Å². The molecule has 0 amide bonds. The molecular formula is C17H23NS. The smallest absolute Gasteiger partial charge is 0.0415 e. The normalized spacial score (nSPS) is 12.5. The van der Waals surface area contributed by atoms with E-state index in [0.29, 0.717) is 6.04 Å². The summed E-state index contributed by atoms with van der Waals surface area (Å²) in [7, 11) is 2.08. The minimum Gasteiger partial charge on any atom is -0.312 e. The Hall–Kier alpha value is -1.12. The van der Waals surface area contributed by atoms with E-state index in [-0.39, 0.29) is 0 Å². The second-order valence-electron chi connectivity index (χ2n) is 4.88. The van der Waals surface area contributed by atoms with Crippen molar-refractivity contribution in [2.45, 2.75) is 38.6 Å². The zero-order chi connectivity index (χ0) is 13.5. The lowest BCUT2D eigenvalue weighted by atomic mass is 10.0. The van der Waals surface area contributed by atoms with Gasteiger partial charge in [0.05, 0.1) is 0 Å². The van der Waals surface area contributed by atoms with Crippen LogP contribution in [0.25, 0.3) is 0 Å². The van der Waals surface area contributed by atoms with Gasteiger partial charge in [-0.15, -0.1) is 11.3 Å². The van der Waals surface area contributed by atoms with Crippen LogP contribution in [-0.4, -0.2) is 7.05 Å². The molecule has 1 N–H and O–H groups in total. The van der Waals surface area contributed by atoms with Crippen molar-refractivity contribution in [3.05, 3.63) is 57.8 Å². The standard InChI is InChI=1S/C17H23NS/c1-3-15-12-13-19-17(15)16(18-2)11-7-10-14-8-5-4-6-9-14/h4-6,8-9,12-13,16,18H,3,7,10-11H2,1-2H3. The molecule has 2 aromatic rings. The number of hydrogen-bond donors (Lipinski definition) is 1. The van der Waals surface area contributed by atoms with Crippen molar-refractivity contribution in [1.29, 1.82) is 0 Å². The fourth-order valence-corrected chi connectivity index (χ4v) is 3.65. The molecule has 1 aromatic carbocycles. The van der Waals surface area contributed by atoms with E-state index >= 15 is 0 Å². The van der Waals surface area contributed by atoms with Crippen LogP contribution in [-0.2, 0) is 12.8 Å². The summed E-state index contributed by atoms with van der Waals surface area (Å²) in [6.45, 7) is 2.24. The van der Waals surface area contributed by atoms with Crippen LogP contribution in [0.2, 0.25) is 0 Å². The summed E-state index contributed by atoms with van der Waals surface area (Å²) in [4.78, 5) is 1.53. The summed E-state index contributed by atoms with van der Waals surface area (Å²) in [5, 5.41) is 5.69. The Kier molecular flexibility index (Phi) is 5.62. The van der Waals surface area contributed by atoms with E-state index in [0.717, 1.165) is 6.42 Å². The quantitative estimate of drug-likeness (QED) is 0.777. The fourth-order valence-electron chi connectivity index (χ4n) is 2.51. The first-order chi connectivity index (χ1) is 9.35. The average molecular weight is 273 g/mol. The predicted molar refractivity (Wildman–Crippen MR) is 84.9 cm³/mol. The molecule has 0 aliphatic carbocycles. The van der Waals surface area contributed by atoms with Gasteiger partial charge in [-0.3, -0.25) is 0 Å². The van der Waals surface area contributed by atoms with Gasteiger partial charge in [0.15, 0.2) is 0 Å². The van der Waals surface area contributed by atoms with Gasteiger partial charge in [0.25, 0.3) is 0 Å². The number of hydrogen-bond acceptors (Lipinski definition) is 2. The predicted octanol–water partition coefficient (Wildman–Crippen LogP) is 4.59. The van der Waals surface area contributed by atoms with Gasteiger partial charge in [-0.25, -0.2) is 0 Å². The lowest BCUT2D eigenvalue weighted by molar-refractivity contribution is 0.531. The number of aryl methyl sites for hydroxylation is 2. The minimum atomic E-state index is 0.513. The first-order valence-corrected chi connectivity index (χ1v) is 8.00. The van der Waals surface area contributed by atoms with Crippen LogP contribution in [0.3, 0.4) is 0 Å². The molecule has 0 bridgehead atoms. The largest absolute Gasteiger partial charge is 0.312 e. The van der Waals surface area contributed by atoms with Gasteiger partial charge in [0, 0.05) is 10.9 Å². The van der Waals surface area contributed by atoms with Crippen molar-refractivity contribution in [1.82, 2.24) is 5.32 Å². The first kappa shape index (κ1) is 14.3. The second-order valence-corrected chi connectivity index (χ2v) is 5.83. The number of benzene rings is 1. The Morgan fingerprint density at radius 3 is 2.63 bits per heavy atom. The third-order valence-electron chi connectivity index (χ3n) is 3.63. The SMILES string of the molecule is CCc1ccsc1C(CCCc1ccccc1)NC. The molecule has 19 heavy (non-hydrogen) atoms. The highest BCUT2D eigenvalue weighted by atomic mass is 32.1. The molecular weight excluding hydrogens is 250 g/mol. The molecule has 1 heterocycles. The zero-order valence-corrected chi connectivity index (χ0v) is 12.7. The number of nitrogens with one attached hydrogen (secondary N) is 1. The molecule has 0 fully saturated rings. The number of rotatable bonds is 7. The third-order valence-corrected chi connectivity index (χ3v) is 4.70. The van der Waals surface area contributed by atoms with Crippen molar-refractivity contribution in [3.63, 3.8) is 0 Å². The number of thiophene rings is 1. The summed E-state index contributed by atoms with van der Waals surface area (Å²) in [6, 6.07) is 13.5. The molecule has 0 aliphatic heterocycles. The summed E-state index contributed by atoms with van der Waals surface area (Å²) < 4.78 is 0. The second kappa shape index (κ2) is 7.46. The zero-order valence-electron chi connectivity index (χ0n) is 11.9. The van der Waals surface area contributed by atoms with Gasteiger partial charge < -0.3 is 5.32 Å². The third kappa shape index (κ3) is 3.92. The highest BCUT2D eigenvalue weighted by Crippen LogP contribution is 2.28. The molecule has 2 rings (SSSR count). The summed E-state index contributed by atoms with van der Waals surface area (Å²) >= 11 is 1.89. The van der Waals surface area contributed by atoms with Crippen molar-refractivity contribution in [3.8, 4) is 0 Å². The topological polar surface area (TPSA) is 12.0 Å². The summed E-state index contributed by atoms with van der Waals surface area (Å²) in [5.41, 5.74) is 2.95. The van der Waals surface area contributed by atoms with Gasteiger partial charge in [-0.1, -0.05) is 37.3 Å². The Balaban J connectivity index is 1.90. The maximum absolute atomic E-state index is 3.48. The lowest BCUT2D eigenvalue weighted by Gasteiger charge is -2.16. The minimum absolute atomic E-state index is 0.513. The van der Waals surface area contributed by atoms with E-state index < -0.39 is 0 Å². The van der Waals surface area contributed by atoms with Crippen LogP contribution in [0.5, 0.6) is 0 Å². The van der Waals surface area contributed by atoms with E-state index in [9.17, 15) is 0 Å². The van der Waals surface area contributed by atoms with E-state index in [4.69, 9.17) is 0 Å². The Labute approximate surface area is 120 Å². The lowest BCUT2D eigenvalue weighted by Crippen LogP contribution is -2.16. The highest BCUT2D eigenvalue weighted by molar-refractivity contribution is 7.10. The van der Waals surface area contributed by atoms with Gasteiger partial charge in [0.2, 0.25) is 0 Å². The molecule has 1 atom stereocenters. The van der Waals surface area contributed by atoms with Crippen LogP contribution < -0.4 is 5.32 Å². The maximum Gasteiger partial charge on any atom is 0.0415 e. The van der Waals surface area contributed by atoms with Gasteiger partial charge in [-0.05, 0) is 55.3 Å². The Bertz CT molecular complexity index is 475. The molecule has 2 heteroatoms. The molecule has 1 nitrogen and oxygen atoms in total. The molecule has 0 spiro atoms. The Morgan fingerprint density at radius 2 is 1.95 bits per heavy atom. The molecule has 0 aliphatic rings. The van der Waals surface area contributed by atoms with Gasteiger partial charge in [0.1, 0.15) is 0 Å².